The van der Waals surface area contributed by atoms with Crippen LogP contribution in [0.25, 0.3) is 10.8 Å². The first-order chi connectivity index (χ1) is 13.7. The molecule has 3 atom stereocenters. The minimum absolute atomic E-state index is 0.223. The quantitative estimate of drug-likeness (QED) is 0.653. The van der Waals surface area contributed by atoms with Gasteiger partial charge in [-0.1, -0.05) is 67.1 Å². The Morgan fingerprint density at radius 2 is 1.71 bits per heavy atom. The van der Waals surface area contributed by atoms with Crippen molar-refractivity contribution in [2.75, 3.05) is 4.90 Å². The lowest BCUT2D eigenvalue weighted by Gasteiger charge is -2.40. The summed E-state index contributed by atoms with van der Waals surface area (Å²) in [6.45, 7) is 0. The zero-order valence-electron chi connectivity index (χ0n) is 15.9. The first-order valence-corrected chi connectivity index (χ1v) is 10.3. The molecule has 2 aliphatic rings. The highest BCUT2D eigenvalue weighted by Gasteiger charge is 2.39. The molecular weight excluding hydrogens is 346 g/mol. The molecule has 0 aromatic heterocycles. The molecule has 0 spiro atoms. The molecule has 1 aliphatic heterocycles. The lowest BCUT2D eigenvalue weighted by atomic mass is 9.84. The summed E-state index contributed by atoms with van der Waals surface area (Å²) >= 11 is 0. The SMILES string of the molecule is O=C(O)C1CCCC(N2c3ccc4ccccc4c3CC2c2ccccc2)C1. The van der Waals surface area contributed by atoms with Crippen LogP contribution in [0.3, 0.4) is 0 Å². The molecule has 3 heteroatoms. The van der Waals surface area contributed by atoms with Gasteiger partial charge in [-0.15, -0.1) is 0 Å². The van der Waals surface area contributed by atoms with Crippen molar-refractivity contribution in [3.8, 4) is 0 Å². The standard InChI is InChI=1S/C25H25NO2/c27-25(28)19-10-6-11-20(15-19)26-23-14-13-17-7-4-5-12-21(17)22(23)16-24(26)18-8-2-1-3-9-18/h1-5,7-9,12-14,19-20,24H,6,10-11,15-16H2,(H,27,28). The van der Waals surface area contributed by atoms with E-state index in [1.807, 2.05) is 0 Å². The van der Waals surface area contributed by atoms with Gasteiger partial charge in [-0.25, -0.2) is 0 Å². The first kappa shape index (κ1) is 17.3. The molecular formula is C25H25NO2. The molecule has 1 fully saturated rings. The number of carboxylic acid groups (broad SMARTS) is 1. The zero-order valence-corrected chi connectivity index (χ0v) is 15.9. The van der Waals surface area contributed by atoms with E-state index in [2.05, 4.69) is 71.6 Å². The Labute approximate surface area is 165 Å². The van der Waals surface area contributed by atoms with Gasteiger partial charge in [0.15, 0.2) is 0 Å². The monoisotopic (exact) mass is 371 g/mol. The Bertz CT molecular complexity index is 1010. The summed E-state index contributed by atoms with van der Waals surface area (Å²) in [5.41, 5.74) is 4.02. The van der Waals surface area contributed by atoms with Gasteiger partial charge in [0.1, 0.15) is 0 Å². The van der Waals surface area contributed by atoms with Crippen LogP contribution in [0.1, 0.15) is 42.9 Å². The van der Waals surface area contributed by atoms with Crippen molar-refractivity contribution in [2.45, 2.75) is 44.2 Å². The summed E-state index contributed by atoms with van der Waals surface area (Å²) in [7, 11) is 0. The van der Waals surface area contributed by atoms with Gasteiger partial charge in [-0.05, 0) is 53.6 Å². The predicted molar refractivity (Wildman–Crippen MR) is 113 cm³/mol. The third kappa shape index (κ3) is 2.86. The maximum absolute atomic E-state index is 11.7. The fourth-order valence-corrected chi connectivity index (χ4v) is 5.29. The molecule has 3 unspecified atom stereocenters. The number of nitrogens with zero attached hydrogens (tertiary/aromatic N) is 1. The van der Waals surface area contributed by atoms with E-state index < -0.39 is 5.97 Å². The largest absolute Gasteiger partial charge is 0.481 e. The molecule has 0 saturated heterocycles. The smallest absolute Gasteiger partial charge is 0.306 e. The van der Waals surface area contributed by atoms with E-state index in [1.165, 1.54) is 27.6 Å². The van der Waals surface area contributed by atoms with E-state index in [-0.39, 0.29) is 18.0 Å². The van der Waals surface area contributed by atoms with Crippen LogP contribution in [0.4, 0.5) is 5.69 Å². The first-order valence-electron chi connectivity index (χ1n) is 10.3. The predicted octanol–water partition coefficient (Wildman–Crippen LogP) is 5.59. The Balaban J connectivity index is 1.61. The van der Waals surface area contributed by atoms with E-state index >= 15 is 0 Å². The minimum atomic E-state index is -0.640. The van der Waals surface area contributed by atoms with Crippen LogP contribution in [0.2, 0.25) is 0 Å². The summed E-state index contributed by atoms with van der Waals surface area (Å²) < 4.78 is 0. The highest BCUT2D eigenvalue weighted by Crippen LogP contribution is 2.47. The molecule has 1 N–H and O–H groups in total. The van der Waals surface area contributed by atoms with Crippen molar-refractivity contribution in [2.24, 2.45) is 5.92 Å². The van der Waals surface area contributed by atoms with Gasteiger partial charge < -0.3 is 10.0 Å². The maximum Gasteiger partial charge on any atom is 0.306 e. The highest BCUT2D eigenvalue weighted by atomic mass is 16.4. The number of carboxylic acids is 1. The number of carbonyl (C=O) groups is 1. The highest BCUT2D eigenvalue weighted by molar-refractivity contribution is 5.92. The maximum atomic E-state index is 11.7. The van der Waals surface area contributed by atoms with Crippen LogP contribution in [-0.4, -0.2) is 17.1 Å². The number of fused-ring (bicyclic) bond motifs is 3. The third-order valence-corrected chi connectivity index (χ3v) is 6.60. The average Bonchev–Trinajstić information content (AvgIpc) is 3.14. The van der Waals surface area contributed by atoms with Gasteiger partial charge in [0.05, 0.1) is 12.0 Å². The zero-order chi connectivity index (χ0) is 19.1. The van der Waals surface area contributed by atoms with Crippen LogP contribution < -0.4 is 4.90 Å². The molecule has 28 heavy (non-hydrogen) atoms. The molecule has 0 radical (unpaired) electrons. The molecule has 0 bridgehead atoms. The molecule has 1 aliphatic carbocycles. The Morgan fingerprint density at radius 3 is 2.54 bits per heavy atom. The summed E-state index contributed by atoms with van der Waals surface area (Å²) in [6.07, 6.45) is 4.59. The summed E-state index contributed by atoms with van der Waals surface area (Å²) in [5.74, 6) is -0.862. The van der Waals surface area contributed by atoms with E-state index in [0.29, 0.717) is 0 Å². The van der Waals surface area contributed by atoms with Gasteiger partial charge in [-0.2, -0.15) is 0 Å². The van der Waals surface area contributed by atoms with Crippen LogP contribution in [0, 0.1) is 5.92 Å². The number of hydrogen-bond acceptors (Lipinski definition) is 2. The second-order valence-corrected chi connectivity index (χ2v) is 8.18. The Morgan fingerprint density at radius 1 is 0.929 bits per heavy atom. The number of benzene rings is 3. The van der Waals surface area contributed by atoms with Crippen LogP contribution in [-0.2, 0) is 11.2 Å². The van der Waals surface area contributed by atoms with Gasteiger partial charge in [0.25, 0.3) is 0 Å². The molecule has 0 amide bonds. The van der Waals surface area contributed by atoms with E-state index in [4.69, 9.17) is 0 Å². The normalized spacial score (nSPS) is 24.3. The molecule has 3 aromatic carbocycles. The van der Waals surface area contributed by atoms with Crippen molar-refractivity contribution in [3.05, 3.63) is 77.9 Å². The van der Waals surface area contributed by atoms with Gasteiger partial charge in [-0.3, -0.25) is 4.79 Å². The molecule has 3 aromatic rings. The van der Waals surface area contributed by atoms with Crippen molar-refractivity contribution >= 4 is 22.4 Å². The van der Waals surface area contributed by atoms with Gasteiger partial charge in [0.2, 0.25) is 0 Å². The van der Waals surface area contributed by atoms with Crippen molar-refractivity contribution < 1.29 is 9.90 Å². The second kappa shape index (κ2) is 6.97. The fraction of sp³-hybridized carbons (Fsp3) is 0.320. The molecule has 3 nitrogen and oxygen atoms in total. The number of hydrogen-bond donors (Lipinski definition) is 1. The minimum Gasteiger partial charge on any atom is -0.481 e. The summed E-state index contributed by atoms with van der Waals surface area (Å²) in [6, 6.07) is 24.3. The van der Waals surface area contributed by atoms with Crippen molar-refractivity contribution in [1.29, 1.82) is 0 Å². The van der Waals surface area contributed by atoms with Crippen LogP contribution >= 0.6 is 0 Å². The lowest BCUT2D eigenvalue weighted by molar-refractivity contribution is -0.142. The van der Waals surface area contributed by atoms with Gasteiger partial charge >= 0.3 is 5.97 Å². The topological polar surface area (TPSA) is 40.5 Å². The molecule has 1 heterocycles. The Hall–Kier alpha value is -2.81. The number of anilines is 1. The van der Waals surface area contributed by atoms with Crippen LogP contribution in [0.15, 0.2) is 66.7 Å². The van der Waals surface area contributed by atoms with E-state index in [9.17, 15) is 9.90 Å². The fourth-order valence-electron chi connectivity index (χ4n) is 5.29. The Kier molecular flexibility index (Phi) is 4.31. The van der Waals surface area contributed by atoms with Crippen LogP contribution in [0.5, 0.6) is 0 Å². The second-order valence-electron chi connectivity index (χ2n) is 8.18. The van der Waals surface area contributed by atoms with Crippen molar-refractivity contribution in [3.63, 3.8) is 0 Å². The molecule has 5 rings (SSSR count). The third-order valence-electron chi connectivity index (χ3n) is 6.60. The number of rotatable bonds is 3. The molecule has 1 saturated carbocycles. The lowest BCUT2D eigenvalue weighted by Crippen LogP contribution is -2.41. The summed E-state index contributed by atoms with van der Waals surface area (Å²) in [5, 5.41) is 12.2. The van der Waals surface area contributed by atoms with Crippen molar-refractivity contribution in [1.82, 2.24) is 0 Å². The van der Waals surface area contributed by atoms with E-state index in [1.54, 1.807) is 0 Å². The molecule has 142 valence electrons. The average molecular weight is 371 g/mol. The summed E-state index contributed by atoms with van der Waals surface area (Å²) in [4.78, 5) is 14.2. The number of aliphatic carboxylic acids is 1. The van der Waals surface area contributed by atoms with Gasteiger partial charge in [0, 0.05) is 11.7 Å². The van der Waals surface area contributed by atoms with E-state index in [0.717, 1.165) is 32.1 Å².